The Morgan fingerprint density at radius 1 is 1.00 bits per heavy atom. The second kappa shape index (κ2) is 5.30. The molecule has 0 aliphatic heterocycles. The lowest BCUT2D eigenvalue weighted by Gasteiger charge is -2.11. The van der Waals surface area contributed by atoms with Gasteiger partial charge in [0.1, 0.15) is 0 Å². The number of hydrogen-bond acceptors (Lipinski definition) is 2. The van der Waals surface area contributed by atoms with Crippen LogP contribution in [-0.2, 0) is 11.2 Å². The van der Waals surface area contributed by atoms with Gasteiger partial charge >= 0.3 is 5.97 Å². The molecule has 2 aromatic rings. The summed E-state index contributed by atoms with van der Waals surface area (Å²) >= 11 is 0. The molecule has 4 rings (SSSR count). The monoisotopic (exact) mass is 226 g/mol. The molecule has 2 aliphatic carbocycles. The molecule has 2 aliphatic rings. The fourth-order valence-electron chi connectivity index (χ4n) is 1.65. The molecule has 0 unspecified atom stereocenters. The Morgan fingerprint density at radius 2 is 1.59 bits per heavy atom. The van der Waals surface area contributed by atoms with E-state index >= 15 is 0 Å². The predicted molar refractivity (Wildman–Crippen MR) is 67.0 cm³/mol. The highest BCUT2D eigenvalue weighted by atomic mass is 16.5. The Balaban J connectivity index is 0.000000134. The summed E-state index contributed by atoms with van der Waals surface area (Å²) in [6.07, 6.45) is 1.22. The van der Waals surface area contributed by atoms with E-state index in [0.29, 0.717) is 5.56 Å². The van der Waals surface area contributed by atoms with E-state index in [1.165, 1.54) is 24.7 Å². The van der Waals surface area contributed by atoms with Gasteiger partial charge in [-0.15, -0.1) is 0 Å². The van der Waals surface area contributed by atoms with Gasteiger partial charge in [-0.05, 0) is 29.7 Å². The third kappa shape index (κ3) is 2.94. The van der Waals surface area contributed by atoms with E-state index in [1.807, 2.05) is 6.07 Å². The molecule has 86 valence electrons. The quantitative estimate of drug-likeness (QED) is 0.596. The minimum absolute atomic E-state index is 0.291. The van der Waals surface area contributed by atoms with Crippen molar-refractivity contribution in [3.05, 3.63) is 71.3 Å². The van der Waals surface area contributed by atoms with E-state index in [-0.39, 0.29) is 5.97 Å². The molecule has 2 heteroatoms. The van der Waals surface area contributed by atoms with Crippen molar-refractivity contribution in [2.75, 3.05) is 7.11 Å². The van der Waals surface area contributed by atoms with Crippen LogP contribution in [0, 0.1) is 0 Å². The normalized spacial score (nSPS) is 10.6. The lowest BCUT2D eigenvalue weighted by Crippen LogP contribution is -1.99. The Bertz CT molecular complexity index is 479. The van der Waals surface area contributed by atoms with Crippen LogP contribution in [0.25, 0.3) is 0 Å². The Kier molecular flexibility index (Phi) is 3.55. The van der Waals surface area contributed by atoms with Crippen molar-refractivity contribution in [3.8, 4) is 0 Å². The van der Waals surface area contributed by atoms with Gasteiger partial charge in [-0.25, -0.2) is 4.79 Å². The molecule has 0 spiro atoms. The molecule has 0 saturated carbocycles. The van der Waals surface area contributed by atoms with E-state index in [1.54, 1.807) is 24.3 Å². The zero-order valence-corrected chi connectivity index (χ0v) is 9.72. The number of fused-ring (bicyclic) bond motifs is 2. The fraction of sp³-hybridized carbons (Fsp3) is 0.133. The zero-order chi connectivity index (χ0) is 12.1. The summed E-state index contributed by atoms with van der Waals surface area (Å²) in [5.74, 6) is -0.291. The van der Waals surface area contributed by atoms with Crippen molar-refractivity contribution in [2.45, 2.75) is 6.42 Å². The molecule has 2 bridgehead atoms. The smallest absolute Gasteiger partial charge is 0.337 e. The lowest BCUT2D eigenvalue weighted by molar-refractivity contribution is 0.0601. The standard InChI is InChI=1S/C8H8O2.C7H6/c1-10-8(9)7-5-3-2-4-6-7;1-2-6-4-7(3-1)5-6/h2-6H,1H3;1-4H,5H2. The Hall–Kier alpha value is -2.09. The summed E-state index contributed by atoms with van der Waals surface area (Å²) in [4.78, 5) is 10.8. The number of hydrogen-bond donors (Lipinski definition) is 0. The molecule has 2 nitrogen and oxygen atoms in total. The minimum atomic E-state index is -0.291. The molecule has 0 amide bonds. The largest absolute Gasteiger partial charge is 0.465 e. The van der Waals surface area contributed by atoms with Crippen LogP contribution in [0.2, 0.25) is 0 Å². The Morgan fingerprint density at radius 3 is 1.94 bits per heavy atom. The third-order valence-electron chi connectivity index (χ3n) is 2.59. The fourth-order valence-corrected chi connectivity index (χ4v) is 1.65. The average Bonchev–Trinajstić information content (AvgIpc) is 2.40. The van der Waals surface area contributed by atoms with E-state index in [2.05, 4.69) is 29.0 Å². The molecule has 0 radical (unpaired) electrons. The molecule has 2 aromatic carbocycles. The van der Waals surface area contributed by atoms with Crippen LogP contribution in [0.15, 0.2) is 54.6 Å². The van der Waals surface area contributed by atoms with Crippen LogP contribution in [0.5, 0.6) is 0 Å². The lowest BCUT2D eigenvalue weighted by atomic mass is 9.94. The van der Waals surface area contributed by atoms with Crippen LogP contribution >= 0.6 is 0 Å². The third-order valence-corrected chi connectivity index (χ3v) is 2.59. The van der Waals surface area contributed by atoms with Crippen molar-refractivity contribution in [1.29, 1.82) is 0 Å². The minimum Gasteiger partial charge on any atom is -0.465 e. The van der Waals surface area contributed by atoms with Gasteiger partial charge in [0.2, 0.25) is 0 Å². The summed E-state index contributed by atoms with van der Waals surface area (Å²) in [7, 11) is 1.37. The molecule has 0 N–H and O–H groups in total. The van der Waals surface area contributed by atoms with Crippen molar-refractivity contribution in [2.24, 2.45) is 0 Å². The maximum atomic E-state index is 10.8. The van der Waals surface area contributed by atoms with E-state index in [9.17, 15) is 4.79 Å². The number of ether oxygens (including phenoxy) is 1. The van der Waals surface area contributed by atoms with Gasteiger partial charge in [0.15, 0.2) is 0 Å². The summed E-state index contributed by atoms with van der Waals surface area (Å²) in [6, 6.07) is 17.5. The molecule has 0 aromatic heterocycles. The summed E-state index contributed by atoms with van der Waals surface area (Å²) in [6.45, 7) is 0. The summed E-state index contributed by atoms with van der Waals surface area (Å²) in [5, 5.41) is 0. The molecule has 0 saturated heterocycles. The van der Waals surface area contributed by atoms with Gasteiger partial charge in [0.25, 0.3) is 0 Å². The molecule has 17 heavy (non-hydrogen) atoms. The maximum Gasteiger partial charge on any atom is 0.337 e. The van der Waals surface area contributed by atoms with Crippen molar-refractivity contribution in [3.63, 3.8) is 0 Å². The number of carbonyl (C=O) groups is 1. The number of benzene rings is 2. The van der Waals surface area contributed by atoms with E-state index in [4.69, 9.17) is 0 Å². The van der Waals surface area contributed by atoms with Crippen molar-refractivity contribution >= 4 is 5.97 Å². The molecule has 0 heterocycles. The highest BCUT2D eigenvalue weighted by Gasteiger charge is 2.04. The highest BCUT2D eigenvalue weighted by molar-refractivity contribution is 5.89. The van der Waals surface area contributed by atoms with Crippen molar-refractivity contribution in [1.82, 2.24) is 0 Å². The van der Waals surface area contributed by atoms with Gasteiger partial charge in [0, 0.05) is 0 Å². The molecular formula is C15H14O2. The van der Waals surface area contributed by atoms with Crippen LogP contribution in [0.3, 0.4) is 0 Å². The molecule has 0 fully saturated rings. The van der Waals surface area contributed by atoms with Crippen LogP contribution in [0.4, 0.5) is 0 Å². The topological polar surface area (TPSA) is 26.3 Å². The van der Waals surface area contributed by atoms with E-state index < -0.39 is 0 Å². The Labute approximate surface area is 101 Å². The highest BCUT2D eigenvalue weighted by Crippen LogP contribution is 2.18. The summed E-state index contributed by atoms with van der Waals surface area (Å²) < 4.78 is 4.50. The summed E-state index contributed by atoms with van der Waals surface area (Å²) in [5.41, 5.74) is 3.56. The first-order valence-corrected chi connectivity index (χ1v) is 5.51. The first-order valence-electron chi connectivity index (χ1n) is 5.51. The van der Waals surface area contributed by atoms with Gasteiger partial charge in [-0.3, -0.25) is 0 Å². The second-order valence-corrected chi connectivity index (χ2v) is 3.85. The molecule has 0 atom stereocenters. The van der Waals surface area contributed by atoms with Crippen molar-refractivity contribution < 1.29 is 9.53 Å². The average molecular weight is 226 g/mol. The first kappa shape index (κ1) is 11.4. The van der Waals surface area contributed by atoms with Gasteiger partial charge in [-0.2, -0.15) is 0 Å². The van der Waals surface area contributed by atoms with Crippen LogP contribution in [0.1, 0.15) is 21.5 Å². The van der Waals surface area contributed by atoms with Crippen LogP contribution < -0.4 is 0 Å². The number of carbonyl (C=O) groups excluding carboxylic acids is 1. The van der Waals surface area contributed by atoms with E-state index in [0.717, 1.165) is 0 Å². The van der Waals surface area contributed by atoms with Gasteiger partial charge in [-0.1, -0.05) is 42.5 Å². The maximum absolute atomic E-state index is 10.8. The zero-order valence-electron chi connectivity index (χ0n) is 9.72. The predicted octanol–water partition coefficient (Wildman–Crippen LogP) is 3.06. The molecular weight excluding hydrogens is 212 g/mol. The number of rotatable bonds is 1. The SMILES string of the molecule is COC(=O)c1ccccc1.c1cc2cc(c1)C2. The van der Waals surface area contributed by atoms with Gasteiger partial charge < -0.3 is 4.74 Å². The van der Waals surface area contributed by atoms with Crippen LogP contribution in [-0.4, -0.2) is 13.1 Å². The van der Waals surface area contributed by atoms with Gasteiger partial charge in [0.05, 0.1) is 12.7 Å². The number of esters is 1. The second-order valence-electron chi connectivity index (χ2n) is 3.85. The first-order chi connectivity index (χ1) is 8.29. The number of methoxy groups -OCH3 is 1.